The molecular formula is C12H15N3O3. The Morgan fingerprint density at radius 2 is 2.39 bits per heavy atom. The summed E-state index contributed by atoms with van der Waals surface area (Å²) in [6, 6.07) is 1.49. The number of esters is 1. The van der Waals surface area contributed by atoms with Gasteiger partial charge in [0.25, 0.3) is 5.91 Å². The van der Waals surface area contributed by atoms with Crippen molar-refractivity contribution in [2.45, 2.75) is 13.5 Å². The maximum absolute atomic E-state index is 12.0. The summed E-state index contributed by atoms with van der Waals surface area (Å²) in [4.78, 5) is 29.2. The van der Waals surface area contributed by atoms with Gasteiger partial charge in [0.1, 0.15) is 5.69 Å². The molecule has 6 nitrogen and oxygen atoms in total. The molecule has 0 bridgehead atoms. The number of rotatable bonds is 4. The predicted octanol–water partition coefficient (Wildman–Crippen LogP) is 0.173. The maximum Gasteiger partial charge on any atom is 0.356 e. The van der Waals surface area contributed by atoms with Gasteiger partial charge in [0.2, 0.25) is 0 Å². The van der Waals surface area contributed by atoms with Gasteiger partial charge in [-0.3, -0.25) is 4.79 Å². The second kappa shape index (κ2) is 5.14. The normalized spacial score (nSPS) is 13.7. The van der Waals surface area contributed by atoms with Gasteiger partial charge in [-0.25, -0.2) is 9.78 Å². The second-order valence-electron chi connectivity index (χ2n) is 3.96. The van der Waals surface area contributed by atoms with Gasteiger partial charge in [0, 0.05) is 37.0 Å². The van der Waals surface area contributed by atoms with E-state index in [1.807, 2.05) is 0 Å². The molecule has 0 unspecified atom stereocenters. The summed E-state index contributed by atoms with van der Waals surface area (Å²) < 4.78 is 4.85. The number of hydrogen-bond acceptors (Lipinski definition) is 5. The number of carbonyl (C=O) groups excluding carboxylic acids is 2. The molecule has 2 N–H and O–H groups in total. The van der Waals surface area contributed by atoms with E-state index in [1.54, 1.807) is 18.0 Å². The zero-order chi connectivity index (χ0) is 13.1. The number of pyridine rings is 1. The molecule has 6 heteroatoms. The van der Waals surface area contributed by atoms with Crippen LogP contribution in [0.4, 0.5) is 0 Å². The molecule has 0 atom stereocenters. The number of ether oxygens (including phenoxy) is 1. The van der Waals surface area contributed by atoms with E-state index >= 15 is 0 Å². The van der Waals surface area contributed by atoms with E-state index in [1.165, 1.54) is 6.07 Å². The third-order valence-corrected chi connectivity index (χ3v) is 2.75. The molecule has 18 heavy (non-hydrogen) atoms. The van der Waals surface area contributed by atoms with Crippen molar-refractivity contribution in [3.63, 3.8) is 0 Å². The highest BCUT2D eigenvalue weighted by Crippen LogP contribution is 2.22. The minimum Gasteiger partial charge on any atom is -0.461 e. The van der Waals surface area contributed by atoms with Crippen molar-refractivity contribution in [2.75, 3.05) is 19.7 Å². The zero-order valence-corrected chi connectivity index (χ0v) is 10.2. The molecule has 0 fully saturated rings. The number of aromatic nitrogens is 1. The third-order valence-electron chi connectivity index (χ3n) is 2.75. The highest BCUT2D eigenvalue weighted by Gasteiger charge is 2.28. The zero-order valence-electron chi connectivity index (χ0n) is 10.2. The maximum atomic E-state index is 12.0. The monoisotopic (exact) mass is 249 g/mol. The molecule has 0 aromatic carbocycles. The number of amides is 1. The second-order valence-corrected chi connectivity index (χ2v) is 3.96. The van der Waals surface area contributed by atoms with Gasteiger partial charge in [-0.1, -0.05) is 0 Å². The Kier molecular flexibility index (Phi) is 3.57. The van der Waals surface area contributed by atoms with Crippen LogP contribution in [-0.2, 0) is 11.3 Å². The van der Waals surface area contributed by atoms with Crippen LogP contribution in [0.25, 0.3) is 0 Å². The molecular weight excluding hydrogens is 234 g/mol. The minimum atomic E-state index is -0.509. The van der Waals surface area contributed by atoms with Gasteiger partial charge in [0.15, 0.2) is 0 Å². The Morgan fingerprint density at radius 1 is 1.61 bits per heavy atom. The Labute approximate surface area is 105 Å². The predicted molar refractivity (Wildman–Crippen MR) is 64.0 cm³/mol. The average Bonchev–Trinajstić information content (AvgIpc) is 2.67. The fraction of sp³-hybridized carbons (Fsp3) is 0.417. The van der Waals surface area contributed by atoms with Crippen molar-refractivity contribution in [2.24, 2.45) is 5.73 Å². The lowest BCUT2D eigenvalue weighted by atomic mass is 10.1. The van der Waals surface area contributed by atoms with E-state index in [0.717, 1.165) is 5.56 Å². The van der Waals surface area contributed by atoms with Crippen LogP contribution in [0.2, 0.25) is 0 Å². The first kappa shape index (κ1) is 12.5. The Hall–Kier alpha value is -1.95. The summed E-state index contributed by atoms with van der Waals surface area (Å²) in [6.07, 6.45) is 1.55. The number of hydrogen-bond donors (Lipinski definition) is 1. The van der Waals surface area contributed by atoms with Crippen LogP contribution in [-0.4, -0.2) is 41.5 Å². The lowest BCUT2D eigenvalue weighted by Crippen LogP contribution is -2.29. The van der Waals surface area contributed by atoms with E-state index in [0.29, 0.717) is 25.2 Å². The minimum absolute atomic E-state index is 0.108. The van der Waals surface area contributed by atoms with Gasteiger partial charge in [0.05, 0.1) is 6.61 Å². The molecule has 0 aliphatic carbocycles. The van der Waals surface area contributed by atoms with Crippen LogP contribution in [0.15, 0.2) is 12.3 Å². The topological polar surface area (TPSA) is 85.5 Å². The van der Waals surface area contributed by atoms with E-state index < -0.39 is 5.97 Å². The molecule has 1 amide bonds. The van der Waals surface area contributed by atoms with Gasteiger partial charge >= 0.3 is 5.97 Å². The lowest BCUT2D eigenvalue weighted by molar-refractivity contribution is 0.0519. The van der Waals surface area contributed by atoms with Crippen LogP contribution in [0, 0.1) is 0 Å². The van der Waals surface area contributed by atoms with Crippen LogP contribution in [0.3, 0.4) is 0 Å². The van der Waals surface area contributed by atoms with E-state index in [2.05, 4.69) is 4.98 Å². The van der Waals surface area contributed by atoms with E-state index in [9.17, 15) is 9.59 Å². The number of carbonyl (C=O) groups is 2. The highest BCUT2D eigenvalue weighted by atomic mass is 16.5. The van der Waals surface area contributed by atoms with Gasteiger partial charge in [-0.15, -0.1) is 0 Å². The molecule has 0 spiro atoms. The molecule has 0 saturated heterocycles. The summed E-state index contributed by atoms with van der Waals surface area (Å²) >= 11 is 0. The Morgan fingerprint density at radius 3 is 3.06 bits per heavy atom. The Balaban J connectivity index is 2.25. The quantitative estimate of drug-likeness (QED) is 0.769. The standard InChI is InChI=1S/C12H15N3O3/c1-2-18-12(17)10-5-9-8(6-14-10)7-15(4-3-13)11(9)16/h5-6H,2-4,7,13H2,1H3. The number of nitrogens with two attached hydrogens (primary N) is 1. The van der Waals surface area contributed by atoms with Crippen molar-refractivity contribution in [1.82, 2.24) is 9.88 Å². The summed E-state index contributed by atoms with van der Waals surface area (Å²) in [5.74, 6) is -0.617. The first-order valence-electron chi connectivity index (χ1n) is 5.82. The fourth-order valence-electron chi connectivity index (χ4n) is 1.91. The summed E-state index contributed by atoms with van der Waals surface area (Å²) in [6.45, 7) is 3.42. The summed E-state index contributed by atoms with van der Waals surface area (Å²) in [7, 11) is 0. The van der Waals surface area contributed by atoms with Crippen LogP contribution in [0.1, 0.15) is 33.3 Å². The van der Waals surface area contributed by atoms with Gasteiger partial charge in [-0.05, 0) is 13.0 Å². The summed E-state index contributed by atoms with van der Waals surface area (Å²) in [5.41, 5.74) is 6.94. The van der Waals surface area contributed by atoms with E-state index in [-0.39, 0.29) is 18.2 Å². The van der Waals surface area contributed by atoms with Crippen molar-refractivity contribution >= 4 is 11.9 Å². The SMILES string of the molecule is CCOC(=O)c1cc2c(cn1)CN(CCN)C2=O. The first-order valence-corrected chi connectivity index (χ1v) is 5.82. The first-order chi connectivity index (χ1) is 8.67. The summed E-state index contributed by atoms with van der Waals surface area (Å²) in [5, 5.41) is 0. The molecule has 96 valence electrons. The molecule has 1 aromatic rings. The highest BCUT2D eigenvalue weighted by molar-refractivity contribution is 6.00. The van der Waals surface area contributed by atoms with Crippen LogP contribution < -0.4 is 5.73 Å². The molecule has 0 saturated carbocycles. The molecule has 2 rings (SSSR count). The molecule has 1 aliphatic rings. The number of nitrogens with zero attached hydrogens (tertiary/aromatic N) is 2. The largest absolute Gasteiger partial charge is 0.461 e. The molecule has 0 radical (unpaired) electrons. The Bertz CT molecular complexity index is 487. The molecule has 1 aromatic heterocycles. The van der Waals surface area contributed by atoms with Crippen molar-refractivity contribution in [3.05, 3.63) is 29.1 Å². The van der Waals surface area contributed by atoms with E-state index in [4.69, 9.17) is 10.5 Å². The molecule has 2 heterocycles. The van der Waals surface area contributed by atoms with Gasteiger partial charge < -0.3 is 15.4 Å². The third kappa shape index (κ3) is 2.19. The fourth-order valence-corrected chi connectivity index (χ4v) is 1.91. The smallest absolute Gasteiger partial charge is 0.356 e. The van der Waals surface area contributed by atoms with Gasteiger partial charge in [-0.2, -0.15) is 0 Å². The van der Waals surface area contributed by atoms with Crippen molar-refractivity contribution in [1.29, 1.82) is 0 Å². The molecule has 1 aliphatic heterocycles. The average molecular weight is 249 g/mol. The lowest BCUT2D eigenvalue weighted by Gasteiger charge is -2.12. The van der Waals surface area contributed by atoms with Crippen LogP contribution >= 0.6 is 0 Å². The van der Waals surface area contributed by atoms with Crippen LogP contribution in [0.5, 0.6) is 0 Å². The number of fused-ring (bicyclic) bond motifs is 1. The van der Waals surface area contributed by atoms with Crippen molar-refractivity contribution < 1.29 is 14.3 Å². The van der Waals surface area contributed by atoms with Crippen molar-refractivity contribution in [3.8, 4) is 0 Å².